The van der Waals surface area contributed by atoms with Crippen molar-refractivity contribution in [2.45, 2.75) is 44.7 Å². The van der Waals surface area contributed by atoms with Crippen LogP contribution in [0.25, 0.3) is 0 Å². The highest BCUT2D eigenvalue weighted by molar-refractivity contribution is 5.81. The molecule has 1 aromatic rings. The van der Waals surface area contributed by atoms with Crippen LogP contribution in [0.5, 0.6) is 0 Å². The molecule has 0 saturated carbocycles. The van der Waals surface area contributed by atoms with Crippen LogP contribution in [0.1, 0.15) is 31.7 Å². The highest BCUT2D eigenvalue weighted by Crippen LogP contribution is 2.04. The van der Waals surface area contributed by atoms with Gasteiger partial charge in [0.15, 0.2) is 0 Å². The Hall–Kier alpha value is -1.39. The molecule has 0 aliphatic rings. The second-order valence-corrected chi connectivity index (χ2v) is 5.06. The van der Waals surface area contributed by atoms with Crippen LogP contribution >= 0.6 is 0 Å². The number of rotatable bonds is 8. The standard InChI is InChI=1S/C15H25N3O/c1-12(11-13-7-3-2-4-8-13)18-15(19)14(17)9-5-6-10-16/h2-4,7-8,12,14H,5-6,9-11,16-17H2,1H3,(H,18,19)/p+1. The summed E-state index contributed by atoms with van der Waals surface area (Å²) >= 11 is 0. The summed E-state index contributed by atoms with van der Waals surface area (Å²) in [6.45, 7) is 2.91. The summed E-state index contributed by atoms with van der Waals surface area (Å²) in [4.78, 5) is 11.9. The zero-order valence-corrected chi connectivity index (χ0v) is 11.8. The number of nitrogens with two attached hydrogens (primary N) is 1. The molecular weight excluding hydrogens is 238 g/mol. The highest BCUT2D eigenvalue weighted by Gasteiger charge is 2.15. The van der Waals surface area contributed by atoms with E-state index in [1.807, 2.05) is 25.1 Å². The zero-order chi connectivity index (χ0) is 14.1. The van der Waals surface area contributed by atoms with E-state index in [1.165, 1.54) is 5.56 Å². The van der Waals surface area contributed by atoms with Gasteiger partial charge in [-0.3, -0.25) is 4.79 Å². The third kappa shape index (κ3) is 6.36. The lowest BCUT2D eigenvalue weighted by molar-refractivity contribution is -0.368. The Morgan fingerprint density at radius 3 is 2.63 bits per heavy atom. The molecule has 0 fully saturated rings. The van der Waals surface area contributed by atoms with Gasteiger partial charge in [-0.25, -0.2) is 0 Å². The zero-order valence-electron chi connectivity index (χ0n) is 11.8. The van der Waals surface area contributed by atoms with Gasteiger partial charge in [0.05, 0.1) is 12.6 Å². The van der Waals surface area contributed by atoms with Gasteiger partial charge in [0.2, 0.25) is 5.91 Å². The van der Waals surface area contributed by atoms with Crippen molar-refractivity contribution >= 4 is 5.91 Å². The summed E-state index contributed by atoms with van der Waals surface area (Å²) in [5.41, 5.74) is 10.9. The largest absolute Gasteiger partial charge is 0.358 e. The summed E-state index contributed by atoms with van der Waals surface area (Å²) in [6, 6.07) is 9.85. The van der Waals surface area contributed by atoms with E-state index in [4.69, 9.17) is 5.73 Å². The molecule has 0 saturated heterocycles. The molecule has 19 heavy (non-hydrogen) atoms. The fraction of sp³-hybridized carbons (Fsp3) is 0.533. The van der Waals surface area contributed by atoms with E-state index in [9.17, 15) is 4.79 Å². The van der Waals surface area contributed by atoms with E-state index < -0.39 is 6.04 Å². The predicted octanol–water partition coefficient (Wildman–Crippen LogP) is 0.473. The number of benzene rings is 1. The smallest absolute Gasteiger partial charge is 0.237 e. The van der Waals surface area contributed by atoms with Crippen LogP contribution in [-0.4, -0.2) is 24.5 Å². The van der Waals surface area contributed by atoms with Crippen molar-refractivity contribution in [2.24, 2.45) is 5.73 Å². The minimum atomic E-state index is -0.398. The Morgan fingerprint density at radius 2 is 2.00 bits per heavy atom. The number of hydrogen-bond donors (Lipinski definition) is 3. The fourth-order valence-corrected chi connectivity index (χ4v) is 2.04. The van der Waals surface area contributed by atoms with Gasteiger partial charge < -0.3 is 16.8 Å². The van der Waals surface area contributed by atoms with Crippen molar-refractivity contribution < 1.29 is 10.5 Å². The second kappa shape index (κ2) is 8.67. The third-order valence-electron chi connectivity index (χ3n) is 3.13. The van der Waals surface area contributed by atoms with Crippen LogP contribution in [-0.2, 0) is 11.2 Å². The molecule has 4 heteroatoms. The van der Waals surface area contributed by atoms with E-state index in [-0.39, 0.29) is 11.9 Å². The summed E-state index contributed by atoms with van der Waals surface area (Å²) in [6.07, 6.45) is 3.56. The summed E-state index contributed by atoms with van der Waals surface area (Å²) in [7, 11) is 0. The molecule has 0 aromatic heterocycles. The van der Waals surface area contributed by atoms with E-state index in [0.717, 1.165) is 32.2 Å². The first kappa shape index (κ1) is 15.7. The molecule has 106 valence electrons. The fourth-order valence-electron chi connectivity index (χ4n) is 2.04. The first-order valence-electron chi connectivity index (χ1n) is 7.02. The van der Waals surface area contributed by atoms with Crippen LogP contribution in [0.15, 0.2) is 30.3 Å². The van der Waals surface area contributed by atoms with Gasteiger partial charge in [-0.1, -0.05) is 30.3 Å². The van der Waals surface area contributed by atoms with Crippen molar-refractivity contribution in [2.75, 3.05) is 6.54 Å². The normalized spacial score (nSPS) is 13.8. The summed E-state index contributed by atoms with van der Waals surface area (Å²) in [5.74, 6) is -0.0486. The number of hydrogen-bond acceptors (Lipinski definition) is 2. The molecule has 1 amide bonds. The maximum atomic E-state index is 11.9. The SMILES string of the molecule is CC(Cc1ccccc1)NC(=O)C(N)CCCC[NH3+]. The molecule has 6 N–H and O–H groups in total. The van der Waals surface area contributed by atoms with Crippen molar-refractivity contribution in [3.63, 3.8) is 0 Å². The average molecular weight is 264 g/mol. The molecule has 2 atom stereocenters. The lowest BCUT2D eigenvalue weighted by atomic mass is 10.1. The van der Waals surface area contributed by atoms with Gasteiger partial charge in [0, 0.05) is 6.04 Å². The predicted molar refractivity (Wildman–Crippen MR) is 77.3 cm³/mol. The number of quaternary nitrogens is 1. The van der Waals surface area contributed by atoms with Crippen LogP contribution in [0, 0.1) is 0 Å². The molecule has 0 spiro atoms. The Kier molecular flexibility index (Phi) is 7.15. The first-order valence-corrected chi connectivity index (χ1v) is 7.02. The molecule has 0 aliphatic carbocycles. The molecule has 0 bridgehead atoms. The van der Waals surface area contributed by atoms with Crippen LogP contribution in [0.4, 0.5) is 0 Å². The number of carbonyl (C=O) groups excluding carboxylic acids is 1. The van der Waals surface area contributed by atoms with Gasteiger partial charge in [-0.2, -0.15) is 0 Å². The van der Waals surface area contributed by atoms with Gasteiger partial charge in [0.1, 0.15) is 0 Å². The lowest BCUT2D eigenvalue weighted by Gasteiger charge is -2.17. The lowest BCUT2D eigenvalue weighted by Crippen LogP contribution is -2.50. The number of unbranched alkanes of at least 4 members (excludes halogenated alkanes) is 1. The van der Waals surface area contributed by atoms with Crippen molar-refractivity contribution in [3.05, 3.63) is 35.9 Å². The van der Waals surface area contributed by atoms with E-state index >= 15 is 0 Å². The maximum absolute atomic E-state index is 11.9. The minimum absolute atomic E-state index is 0.0486. The Labute approximate surface area is 115 Å². The van der Waals surface area contributed by atoms with Crippen molar-refractivity contribution in [1.29, 1.82) is 0 Å². The highest BCUT2D eigenvalue weighted by atomic mass is 16.2. The van der Waals surface area contributed by atoms with Gasteiger partial charge in [-0.05, 0) is 38.2 Å². The average Bonchev–Trinajstić information content (AvgIpc) is 2.39. The summed E-state index contributed by atoms with van der Waals surface area (Å²) in [5, 5.41) is 2.98. The van der Waals surface area contributed by atoms with E-state index in [2.05, 4.69) is 23.2 Å². The van der Waals surface area contributed by atoms with Gasteiger partial charge in [-0.15, -0.1) is 0 Å². The molecule has 4 nitrogen and oxygen atoms in total. The molecular formula is C15H26N3O+. The number of amides is 1. The van der Waals surface area contributed by atoms with E-state index in [1.54, 1.807) is 0 Å². The quantitative estimate of drug-likeness (QED) is 0.597. The topological polar surface area (TPSA) is 82.8 Å². The van der Waals surface area contributed by atoms with Crippen LogP contribution in [0.2, 0.25) is 0 Å². The Bertz CT molecular complexity index is 367. The number of nitrogens with one attached hydrogen (secondary N) is 1. The number of carbonyl (C=O) groups is 1. The van der Waals surface area contributed by atoms with Gasteiger partial charge >= 0.3 is 0 Å². The van der Waals surface area contributed by atoms with Crippen LogP contribution < -0.4 is 16.8 Å². The maximum Gasteiger partial charge on any atom is 0.237 e. The molecule has 0 heterocycles. The van der Waals surface area contributed by atoms with E-state index in [0.29, 0.717) is 0 Å². The molecule has 1 rings (SSSR count). The Balaban J connectivity index is 2.31. The molecule has 0 aliphatic heterocycles. The molecule has 2 unspecified atom stereocenters. The third-order valence-corrected chi connectivity index (χ3v) is 3.13. The monoisotopic (exact) mass is 264 g/mol. The molecule has 1 aromatic carbocycles. The molecule has 0 radical (unpaired) electrons. The van der Waals surface area contributed by atoms with Crippen molar-refractivity contribution in [3.8, 4) is 0 Å². The Morgan fingerprint density at radius 1 is 1.32 bits per heavy atom. The van der Waals surface area contributed by atoms with Crippen LogP contribution in [0.3, 0.4) is 0 Å². The minimum Gasteiger partial charge on any atom is -0.358 e. The summed E-state index contributed by atoms with van der Waals surface area (Å²) < 4.78 is 0. The van der Waals surface area contributed by atoms with Gasteiger partial charge in [0.25, 0.3) is 0 Å². The second-order valence-electron chi connectivity index (χ2n) is 5.06. The first-order chi connectivity index (χ1) is 9.13. The van der Waals surface area contributed by atoms with Crippen molar-refractivity contribution in [1.82, 2.24) is 5.32 Å².